The van der Waals surface area contributed by atoms with Gasteiger partial charge in [-0.05, 0) is 18.2 Å². The predicted molar refractivity (Wildman–Crippen MR) is 76.5 cm³/mol. The Labute approximate surface area is 127 Å². The monoisotopic (exact) mass is 345 g/mol. The third-order valence-corrected chi connectivity index (χ3v) is 6.95. The number of benzene rings is 1. The minimum atomic E-state index is -3.43. The zero-order valence-corrected chi connectivity index (χ0v) is 12.9. The summed E-state index contributed by atoms with van der Waals surface area (Å²) in [6.45, 7) is 0. The van der Waals surface area contributed by atoms with Gasteiger partial charge in [0.15, 0.2) is 0 Å². The topological polar surface area (TPSA) is 93.3 Å². The van der Waals surface area contributed by atoms with Gasteiger partial charge in [0.25, 0.3) is 0 Å². The molecule has 0 saturated carbocycles. The molecule has 2 rings (SSSR count). The number of nitriles is 1. The standard InChI is InChI=1S/C11H7ClN2O3S3/c12-11-10(6-8(7-13)18-11)20(17,14-19(15)16)9-4-2-1-3-5-9/h1-6H,(H,15,16)/p-1. The quantitative estimate of drug-likeness (QED) is 0.799. The van der Waals surface area contributed by atoms with Crippen LogP contribution in [0.25, 0.3) is 0 Å². The molecule has 0 N–H and O–H groups in total. The van der Waals surface area contributed by atoms with Gasteiger partial charge < -0.3 is 4.55 Å². The molecule has 0 aliphatic carbocycles. The summed E-state index contributed by atoms with van der Waals surface area (Å²) in [5.74, 6) is 0. The van der Waals surface area contributed by atoms with Crippen molar-refractivity contribution < 1.29 is 13.0 Å². The average Bonchev–Trinajstić information content (AvgIpc) is 2.81. The smallest absolute Gasteiger partial charge is 0.118 e. The molecule has 0 radical (unpaired) electrons. The maximum absolute atomic E-state index is 13.0. The van der Waals surface area contributed by atoms with Crippen molar-refractivity contribution in [2.75, 3.05) is 0 Å². The Balaban J connectivity index is 2.79. The van der Waals surface area contributed by atoms with E-state index in [1.807, 2.05) is 6.07 Å². The van der Waals surface area contributed by atoms with Crippen molar-refractivity contribution in [3.63, 3.8) is 0 Å². The second-order valence-corrected chi connectivity index (χ2v) is 8.14. The molecular formula is C11H6ClN2O3S3-. The number of nitrogens with zero attached hydrogens (tertiary/aromatic N) is 2. The second kappa shape index (κ2) is 6.03. The molecule has 1 aromatic carbocycles. The number of hydrogen-bond donors (Lipinski definition) is 0. The van der Waals surface area contributed by atoms with Gasteiger partial charge in [-0.2, -0.15) is 5.26 Å². The zero-order chi connectivity index (χ0) is 14.8. The molecule has 104 valence electrons. The van der Waals surface area contributed by atoms with Crippen LogP contribution in [0.15, 0.2) is 50.0 Å². The van der Waals surface area contributed by atoms with Crippen LogP contribution in [0.4, 0.5) is 0 Å². The maximum atomic E-state index is 13.0. The molecule has 0 spiro atoms. The highest BCUT2D eigenvalue weighted by Gasteiger charge is 2.22. The van der Waals surface area contributed by atoms with Gasteiger partial charge in [-0.15, -0.1) is 15.1 Å². The van der Waals surface area contributed by atoms with Crippen molar-refractivity contribution in [3.8, 4) is 6.07 Å². The fourth-order valence-corrected chi connectivity index (χ4v) is 5.85. The SMILES string of the molecule is N#Cc1cc(S(=O)(=NS(=O)[O-])c2ccccc2)c(Cl)s1. The van der Waals surface area contributed by atoms with E-state index in [9.17, 15) is 13.0 Å². The van der Waals surface area contributed by atoms with Crippen molar-refractivity contribution in [3.05, 3.63) is 45.6 Å². The molecular weight excluding hydrogens is 340 g/mol. The summed E-state index contributed by atoms with van der Waals surface area (Å²) in [6, 6.07) is 11.1. The summed E-state index contributed by atoms with van der Waals surface area (Å²) >= 11 is 4.02. The van der Waals surface area contributed by atoms with Gasteiger partial charge in [0.05, 0.1) is 21.1 Å². The summed E-state index contributed by atoms with van der Waals surface area (Å²) < 4.78 is 38.2. The van der Waals surface area contributed by atoms with Gasteiger partial charge in [-0.3, -0.25) is 0 Å². The lowest BCUT2D eigenvalue weighted by Gasteiger charge is -2.10. The van der Waals surface area contributed by atoms with Crippen LogP contribution in [0.1, 0.15) is 4.88 Å². The molecule has 1 heterocycles. The number of rotatable bonds is 3. The Morgan fingerprint density at radius 3 is 2.55 bits per heavy atom. The van der Waals surface area contributed by atoms with E-state index in [0.29, 0.717) is 0 Å². The summed E-state index contributed by atoms with van der Waals surface area (Å²) in [4.78, 5) is 0.491. The van der Waals surface area contributed by atoms with Crippen molar-refractivity contribution in [1.29, 1.82) is 5.26 Å². The first-order chi connectivity index (χ1) is 9.47. The average molecular weight is 346 g/mol. The Morgan fingerprint density at radius 2 is 2.05 bits per heavy atom. The molecule has 2 aromatic rings. The zero-order valence-electron chi connectivity index (χ0n) is 9.69. The molecule has 0 aliphatic heterocycles. The van der Waals surface area contributed by atoms with Crippen LogP contribution in [-0.4, -0.2) is 13.0 Å². The molecule has 1 aromatic heterocycles. The lowest BCUT2D eigenvalue weighted by atomic mass is 10.4. The van der Waals surface area contributed by atoms with Crippen molar-refractivity contribution in [1.82, 2.24) is 0 Å². The van der Waals surface area contributed by atoms with Gasteiger partial charge in [0.2, 0.25) is 0 Å². The molecule has 2 atom stereocenters. The first-order valence-corrected chi connectivity index (χ1v) is 8.82. The van der Waals surface area contributed by atoms with Crippen LogP contribution in [0, 0.1) is 11.3 Å². The number of hydrogen-bond acceptors (Lipinski definition) is 5. The Kier molecular flexibility index (Phi) is 4.57. The fraction of sp³-hybridized carbons (Fsp3) is 0. The first kappa shape index (κ1) is 15.2. The second-order valence-electron chi connectivity index (χ2n) is 3.49. The summed E-state index contributed by atoms with van der Waals surface area (Å²) in [5, 5.41) is 8.85. The van der Waals surface area contributed by atoms with Crippen LogP contribution in [0.2, 0.25) is 4.34 Å². The largest absolute Gasteiger partial charge is 0.753 e. The summed E-state index contributed by atoms with van der Waals surface area (Å²) in [6.07, 6.45) is 0. The third kappa shape index (κ3) is 2.92. The van der Waals surface area contributed by atoms with Gasteiger partial charge in [0.1, 0.15) is 25.0 Å². The Bertz CT molecular complexity index is 817. The number of thiophene rings is 1. The first-order valence-electron chi connectivity index (χ1n) is 5.08. The van der Waals surface area contributed by atoms with Crippen molar-refractivity contribution in [2.45, 2.75) is 9.79 Å². The highest BCUT2D eigenvalue weighted by molar-refractivity contribution is 7.99. The predicted octanol–water partition coefficient (Wildman–Crippen LogP) is 2.95. The number of halogens is 1. The van der Waals surface area contributed by atoms with Crippen LogP contribution in [0.5, 0.6) is 0 Å². The van der Waals surface area contributed by atoms with E-state index >= 15 is 0 Å². The molecule has 20 heavy (non-hydrogen) atoms. The highest BCUT2D eigenvalue weighted by Crippen LogP contribution is 2.36. The van der Waals surface area contributed by atoms with E-state index in [-0.39, 0.29) is 19.0 Å². The Hall–Kier alpha value is -1.24. The summed E-state index contributed by atoms with van der Waals surface area (Å²) in [7, 11) is -3.43. The molecule has 0 bridgehead atoms. The highest BCUT2D eigenvalue weighted by atomic mass is 35.5. The van der Waals surface area contributed by atoms with E-state index in [4.69, 9.17) is 16.9 Å². The normalized spacial score (nSPS) is 15.1. The van der Waals surface area contributed by atoms with Crippen LogP contribution >= 0.6 is 22.9 Å². The molecule has 0 saturated heterocycles. The lowest BCUT2D eigenvalue weighted by molar-refractivity contribution is 0.539. The summed E-state index contributed by atoms with van der Waals surface area (Å²) in [5.41, 5.74) is 0. The molecule has 0 amide bonds. The van der Waals surface area contributed by atoms with Gasteiger partial charge in [-0.1, -0.05) is 29.8 Å². The molecule has 0 aliphatic rings. The van der Waals surface area contributed by atoms with Crippen LogP contribution in [-0.2, 0) is 21.0 Å². The van der Waals surface area contributed by atoms with Crippen LogP contribution in [0.3, 0.4) is 0 Å². The lowest BCUT2D eigenvalue weighted by Crippen LogP contribution is -2.03. The van der Waals surface area contributed by atoms with Crippen molar-refractivity contribution in [2.24, 2.45) is 3.77 Å². The molecule has 2 unspecified atom stereocenters. The fourth-order valence-electron chi connectivity index (χ4n) is 1.50. The molecule has 5 nitrogen and oxygen atoms in total. The minimum Gasteiger partial charge on any atom is -0.753 e. The van der Waals surface area contributed by atoms with Crippen LogP contribution < -0.4 is 0 Å². The maximum Gasteiger partial charge on any atom is 0.118 e. The van der Waals surface area contributed by atoms with E-state index in [1.54, 1.807) is 18.2 Å². The van der Waals surface area contributed by atoms with E-state index in [1.165, 1.54) is 18.2 Å². The van der Waals surface area contributed by atoms with E-state index in [2.05, 4.69) is 3.77 Å². The van der Waals surface area contributed by atoms with Gasteiger partial charge in [-0.25, -0.2) is 8.42 Å². The van der Waals surface area contributed by atoms with E-state index in [0.717, 1.165) is 11.3 Å². The Morgan fingerprint density at radius 1 is 1.40 bits per heavy atom. The van der Waals surface area contributed by atoms with Gasteiger partial charge in [0, 0.05) is 0 Å². The van der Waals surface area contributed by atoms with E-state index < -0.39 is 21.0 Å². The molecule has 9 heteroatoms. The minimum absolute atomic E-state index is 0.0381. The van der Waals surface area contributed by atoms with Gasteiger partial charge >= 0.3 is 0 Å². The third-order valence-electron chi connectivity index (χ3n) is 2.29. The molecule has 0 fully saturated rings. The van der Waals surface area contributed by atoms with Crippen molar-refractivity contribution >= 4 is 43.9 Å².